The Balaban J connectivity index is 2.07. The molecule has 1 aromatic heterocycles. The van der Waals surface area contributed by atoms with Crippen molar-refractivity contribution >= 4 is 23.3 Å². The summed E-state index contributed by atoms with van der Waals surface area (Å²) in [4.78, 5) is 21.7. The van der Waals surface area contributed by atoms with Gasteiger partial charge in [-0.25, -0.2) is 9.97 Å². The number of hydrogen-bond donors (Lipinski definition) is 1. The van der Waals surface area contributed by atoms with Gasteiger partial charge in [-0.05, 0) is 0 Å². The lowest BCUT2D eigenvalue weighted by Gasteiger charge is -2.11. The Bertz CT molecular complexity index is 616. The summed E-state index contributed by atoms with van der Waals surface area (Å²) in [5, 5.41) is 3.46. The molecule has 0 fully saturated rings. The van der Waals surface area contributed by atoms with E-state index in [1.165, 1.54) is 0 Å². The molecule has 0 aliphatic heterocycles. The number of anilines is 1. The highest BCUT2D eigenvalue weighted by molar-refractivity contribution is 6.29. The fourth-order valence-corrected chi connectivity index (χ4v) is 1.93. The average molecular weight is 305 g/mol. The molecule has 0 radical (unpaired) electrons. The van der Waals surface area contributed by atoms with Crippen LogP contribution in [0.2, 0.25) is 5.15 Å². The number of hydrogen-bond acceptors (Lipinski definition) is 4. The molecule has 2 aromatic rings. The minimum atomic E-state index is 0.0611. The second-order valence-corrected chi connectivity index (χ2v) is 5.12. The van der Waals surface area contributed by atoms with Gasteiger partial charge in [0.05, 0.1) is 0 Å². The molecule has 1 amide bonds. The fraction of sp³-hybridized carbons (Fsp3) is 0.267. The number of nitrogens with zero attached hydrogens (tertiary/aromatic N) is 3. The third-order valence-corrected chi connectivity index (χ3v) is 3.06. The highest BCUT2D eigenvalue weighted by atomic mass is 35.5. The average Bonchev–Trinajstić information content (AvgIpc) is 2.47. The molecule has 110 valence electrons. The van der Waals surface area contributed by atoms with E-state index in [1.54, 1.807) is 25.1 Å². The lowest BCUT2D eigenvalue weighted by atomic mass is 10.2. The molecule has 0 saturated carbocycles. The number of halogens is 1. The first-order chi connectivity index (χ1) is 10.1. The van der Waals surface area contributed by atoms with Gasteiger partial charge in [-0.2, -0.15) is 0 Å². The van der Waals surface area contributed by atoms with Crippen LogP contribution in [0.1, 0.15) is 6.42 Å². The zero-order valence-electron chi connectivity index (χ0n) is 12.0. The monoisotopic (exact) mass is 304 g/mol. The molecule has 1 N–H and O–H groups in total. The predicted molar refractivity (Wildman–Crippen MR) is 84.3 cm³/mol. The molecule has 0 atom stereocenters. The summed E-state index contributed by atoms with van der Waals surface area (Å²) >= 11 is 6.03. The minimum Gasteiger partial charge on any atom is -0.369 e. The van der Waals surface area contributed by atoms with Crippen LogP contribution in [0.4, 0.5) is 5.82 Å². The van der Waals surface area contributed by atoms with Gasteiger partial charge in [0.25, 0.3) is 0 Å². The second kappa shape index (κ2) is 7.04. The Hall–Kier alpha value is -2.14. The summed E-state index contributed by atoms with van der Waals surface area (Å²) < 4.78 is 0. The standard InChI is InChI=1S/C15H17ClN4O/c1-20(2)14(21)8-9-17-13-10-12(16)18-15(19-13)11-6-4-3-5-7-11/h3-7,10H,8-9H2,1-2H3,(H,17,18,19). The highest BCUT2D eigenvalue weighted by Crippen LogP contribution is 2.19. The van der Waals surface area contributed by atoms with Gasteiger partial charge < -0.3 is 10.2 Å². The van der Waals surface area contributed by atoms with Crippen LogP contribution >= 0.6 is 11.6 Å². The number of amides is 1. The number of benzene rings is 1. The van der Waals surface area contributed by atoms with Crippen LogP contribution in [0.15, 0.2) is 36.4 Å². The molecule has 0 saturated heterocycles. The van der Waals surface area contributed by atoms with Crippen LogP contribution < -0.4 is 5.32 Å². The van der Waals surface area contributed by atoms with E-state index in [1.807, 2.05) is 30.3 Å². The SMILES string of the molecule is CN(C)C(=O)CCNc1cc(Cl)nc(-c2ccccc2)n1. The lowest BCUT2D eigenvalue weighted by Crippen LogP contribution is -2.24. The van der Waals surface area contributed by atoms with Crippen molar-refractivity contribution in [3.05, 3.63) is 41.6 Å². The third kappa shape index (κ3) is 4.43. The zero-order chi connectivity index (χ0) is 15.2. The second-order valence-electron chi connectivity index (χ2n) is 4.73. The van der Waals surface area contributed by atoms with E-state index in [-0.39, 0.29) is 5.91 Å². The van der Waals surface area contributed by atoms with E-state index in [0.29, 0.717) is 29.8 Å². The van der Waals surface area contributed by atoms with Crippen LogP contribution in [0, 0.1) is 0 Å². The van der Waals surface area contributed by atoms with Crippen LogP contribution in [0.5, 0.6) is 0 Å². The molecule has 0 aliphatic carbocycles. The quantitative estimate of drug-likeness (QED) is 0.863. The highest BCUT2D eigenvalue weighted by Gasteiger charge is 2.07. The molecule has 1 aromatic carbocycles. The van der Waals surface area contributed by atoms with Crippen molar-refractivity contribution in [3.8, 4) is 11.4 Å². The Morgan fingerprint density at radius 2 is 1.95 bits per heavy atom. The molecule has 0 unspecified atom stereocenters. The molecule has 6 heteroatoms. The largest absolute Gasteiger partial charge is 0.369 e. The summed E-state index contributed by atoms with van der Waals surface area (Å²) in [5.41, 5.74) is 0.896. The van der Waals surface area contributed by atoms with E-state index in [9.17, 15) is 4.79 Å². The molecule has 21 heavy (non-hydrogen) atoms. The van der Waals surface area contributed by atoms with Gasteiger partial charge in [-0.1, -0.05) is 41.9 Å². The number of carbonyl (C=O) groups is 1. The summed E-state index contributed by atoms with van der Waals surface area (Å²) in [6, 6.07) is 11.3. The number of rotatable bonds is 5. The third-order valence-electron chi connectivity index (χ3n) is 2.87. The van der Waals surface area contributed by atoms with Crippen molar-refractivity contribution in [1.82, 2.24) is 14.9 Å². The van der Waals surface area contributed by atoms with Crippen LogP contribution in [-0.4, -0.2) is 41.4 Å². The maximum atomic E-state index is 11.5. The summed E-state index contributed by atoms with van der Waals surface area (Å²) in [7, 11) is 3.47. The molecule has 0 spiro atoms. The fourth-order valence-electron chi connectivity index (χ4n) is 1.75. The Morgan fingerprint density at radius 3 is 2.62 bits per heavy atom. The zero-order valence-corrected chi connectivity index (χ0v) is 12.8. The van der Waals surface area contributed by atoms with Crippen molar-refractivity contribution in [3.63, 3.8) is 0 Å². The van der Waals surface area contributed by atoms with Crippen molar-refractivity contribution in [2.75, 3.05) is 26.0 Å². The van der Waals surface area contributed by atoms with Gasteiger partial charge in [0.2, 0.25) is 5.91 Å². The topological polar surface area (TPSA) is 58.1 Å². The lowest BCUT2D eigenvalue weighted by molar-refractivity contribution is -0.128. The first-order valence-corrected chi connectivity index (χ1v) is 6.98. The van der Waals surface area contributed by atoms with Crippen molar-refractivity contribution in [1.29, 1.82) is 0 Å². The Labute approximate surface area is 129 Å². The molecule has 0 bridgehead atoms. The van der Waals surface area contributed by atoms with Crippen molar-refractivity contribution in [2.45, 2.75) is 6.42 Å². The molecule has 2 rings (SSSR count). The predicted octanol–water partition coefficient (Wildman–Crippen LogP) is 2.69. The van der Waals surface area contributed by atoms with Gasteiger partial charge in [0.15, 0.2) is 5.82 Å². The van der Waals surface area contributed by atoms with Crippen LogP contribution in [0.3, 0.4) is 0 Å². The van der Waals surface area contributed by atoms with Gasteiger partial charge in [-0.3, -0.25) is 4.79 Å². The molecule has 5 nitrogen and oxygen atoms in total. The van der Waals surface area contributed by atoms with E-state index >= 15 is 0 Å². The van der Waals surface area contributed by atoms with Gasteiger partial charge in [-0.15, -0.1) is 0 Å². The summed E-state index contributed by atoms with van der Waals surface area (Å²) in [6.45, 7) is 0.499. The number of nitrogens with one attached hydrogen (secondary N) is 1. The van der Waals surface area contributed by atoms with E-state index < -0.39 is 0 Å². The normalized spacial score (nSPS) is 10.2. The molecule has 0 aliphatic rings. The molecular formula is C15H17ClN4O. The van der Waals surface area contributed by atoms with Gasteiger partial charge in [0.1, 0.15) is 11.0 Å². The first-order valence-electron chi connectivity index (χ1n) is 6.60. The first kappa shape index (κ1) is 15.3. The smallest absolute Gasteiger partial charge is 0.223 e. The summed E-state index contributed by atoms with van der Waals surface area (Å²) in [5.74, 6) is 1.23. The Morgan fingerprint density at radius 1 is 1.24 bits per heavy atom. The van der Waals surface area contributed by atoms with E-state index in [4.69, 9.17) is 11.6 Å². The van der Waals surface area contributed by atoms with Crippen LogP contribution in [-0.2, 0) is 4.79 Å². The molecular weight excluding hydrogens is 288 g/mol. The van der Waals surface area contributed by atoms with Crippen LogP contribution in [0.25, 0.3) is 11.4 Å². The van der Waals surface area contributed by atoms with E-state index in [2.05, 4.69) is 15.3 Å². The molecule has 1 heterocycles. The number of aromatic nitrogens is 2. The van der Waals surface area contributed by atoms with Gasteiger partial charge >= 0.3 is 0 Å². The summed E-state index contributed by atoms with van der Waals surface area (Å²) in [6.07, 6.45) is 0.398. The maximum Gasteiger partial charge on any atom is 0.223 e. The minimum absolute atomic E-state index is 0.0611. The van der Waals surface area contributed by atoms with Crippen molar-refractivity contribution in [2.24, 2.45) is 0 Å². The maximum absolute atomic E-state index is 11.5. The van der Waals surface area contributed by atoms with E-state index in [0.717, 1.165) is 5.56 Å². The van der Waals surface area contributed by atoms with Gasteiger partial charge in [0, 0.05) is 38.7 Å². The number of carbonyl (C=O) groups excluding carboxylic acids is 1. The van der Waals surface area contributed by atoms with Crippen molar-refractivity contribution < 1.29 is 4.79 Å². The Kier molecular flexibility index (Phi) is 5.11.